The number of esters is 1. The normalized spacial score (nSPS) is 15.3. The maximum Gasteiger partial charge on any atom is 0.326 e. The first-order chi connectivity index (χ1) is 11.7. The molecule has 2 N–H and O–H groups in total. The average Bonchev–Trinajstić information content (AvgIpc) is 2.52. The van der Waals surface area contributed by atoms with Gasteiger partial charge in [-0.3, -0.25) is 9.59 Å². The number of hydrogen-bond acceptors (Lipinski definition) is 5. The second-order valence-corrected chi connectivity index (χ2v) is 7.29. The van der Waals surface area contributed by atoms with Gasteiger partial charge in [-0.15, -0.1) is 6.58 Å². The summed E-state index contributed by atoms with van der Waals surface area (Å²) in [6.45, 7) is 9.19. The van der Waals surface area contributed by atoms with E-state index in [-0.39, 0.29) is 12.4 Å². The number of ketones is 1. The Morgan fingerprint density at radius 1 is 1.36 bits per heavy atom. The predicted molar refractivity (Wildman–Crippen MR) is 96.9 cm³/mol. The summed E-state index contributed by atoms with van der Waals surface area (Å²) < 4.78 is 11.1. The van der Waals surface area contributed by atoms with Gasteiger partial charge in [-0.2, -0.15) is 0 Å². The topological polar surface area (TPSA) is 78.6 Å². The highest BCUT2D eigenvalue weighted by Gasteiger charge is 2.25. The molecule has 0 heterocycles. The van der Waals surface area contributed by atoms with Crippen molar-refractivity contribution in [3.63, 3.8) is 0 Å². The minimum absolute atomic E-state index is 0.0196. The van der Waals surface area contributed by atoms with Crippen molar-refractivity contribution in [2.45, 2.75) is 58.1 Å². The first-order valence-corrected chi connectivity index (χ1v) is 8.63. The molecule has 136 valence electrons. The Morgan fingerprint density at radius 2 is 2.08 bits per heavy atom. The van der Waals surface area contributed by atoms with E-state index >= 15 is 0 Å². The second kappa shape index (κ2) is 7.83. The van der Waals surface area contributed by atoms with Gasteiger partial charge in [0, 0.05) is 17.5 Å². The van der Waals surface area contributed by atoms with Crippen molar-refractivity contribution in [3.8, 4) is 5.75 Å². The van der Waals surface area contributed by atoms with E-state index < -0.39 is 17.6 Å². The van der Waals surface area contributed by atoms with Gasteiger partial charge in [0.05, 0.1) is 0 Å². The number of carbonyl (C=O) groups excluding carboxylic acids is 2. The minimum atomic E-state index is -0.867. The second-order valence-electron chi connectivity index (χ2n) is 7.29. The van der Waals surface area contributed by atoms with Crippen LogP contribution in [0.4, 0.5) is 0 Å². The summed E-state index contributed by atoms with van der Waals surface area (Å²) in [7, 11) is 0. The summed E-state index contributed by atoms with van der Waals surface area (Å²) in [5.74, 6) is 0.321. The number of ether oxygens (including phenoxy) is 2. The van der Waals surface area contributed by atoms with Crippen molar-refractivity contribution in [1.29, 1.82) is 0 Å². The quantitative estimate of drug-likeness (QED) is 0.633. The number of fused-ring (bicyclic) bond motifs is 1. The van der Waals surface area contributed by atoms with Gasteiger partial charge in [-0.25, -0.2) is 0 Å². The van der Waals surface area contributed by atoms with Crippen LogP contribution < -0.4 is 10.5 Å². The molecule has 2 rings (SSSR count). The number of Topliss-reactive ketones (excluding diaryl/α,β-unsaturated/α-hetero) is 1. The molecule has 1 atom stereocenters. The fraction of sp³-hybridized carbons (Fsp3) is 0.500. The van der Waals surface area contributed by atoms with Gasteiger partial charge in [0.1, 0.15) is 24.0 Å². The SMILES string of the molecule is C=CCc1c(OCC(N)C(=O)OC(C)(C)C)ccc2c1CCCC2=O. The van der Waals surface area contributed by atoms with Crippen LogP contribution in [0, 0.1) is 0 Å². The maximum atomic E-state index is 12.1. The van der Waals surface area contributed by atoms with Gasteiger partial charge in [-0.1, -0.05) is 6.08 Å². The third-order valence-corrected chi connectivity index (χ3v) is 4.00. The summed E-state index contributed by atoms with van der Waals surface area (Å²) in [5.41, 5.74) is 8.05. The van der Waals surface area contributed by atoms with Crippen LogP contribution in [0.2, 0.25) is 0 Å². The molecule has 1 aliphatic carbocycles. The number of carbonyl (C=O) groups is 2. The van der Waals surface area contributed by atoms with E-state index in [4.69, 9.17) is 15.2 Å². The molecule has 1 unspecified atom stereocenters. The van der Waals surface area contributed by atoms with Crippen molar-refractivity contribution < 1.29 is 19.1 Å². The number of benzene rings is 1. The molecule has 0 radical (unpaired) electrons. The van der Waals surface area contributed by atoms with Gasteiger partial charge in [-0.05, 0) is 57.7 Å². The van der Waals surface area contributed by atoms with Crippen molar-refractivity contribution in [3.05, 3.63) is 41.5 Å². The lowest BCUT2D eigenvalue weighted by Gasteiger charge is -2.24. The van der Waals surface area contributed by atoms with E-state index in [1.807, 2.05) is 0 Å². The van der Waals surface area contributed by atoms with Gasteiger partial charge >= 0.3 is 5.97 Å². The Hall–Kier alpha value is -2.14. The standard InChI is InChI=1S/C20H27NO4/c1-5-7-15-13-8-6-9-17(22)14(13)10-11-18(15)24-12-16(21)19(23)25-20(2,3)4/h5,10-11,16H,1,6-9,12,21H2,2-4H3. The third-order valence-electron chi connectivity index (χ3n) is 4.00. The summed E-state index contributed by atoms with van der Waals surface area (Å²) in [6, 6.07) is 2.72. The highest BCUT2D eigenvalue weighted by Crippen LogP contribution is 2.32. The molecular formula is C20H27NO4. The fourth-order valence-corrected chi connectivity index (χ4v) is 2.91. The first kappa shape index (κ1) is 19.2. The van der Waals surface area contributed by atoms with E-state index in [1.54, 1.807) is 39.0 Å². The van der Waals surface area contributed by atoms with Crippen LogP contribution in [0.25, 0.3) is 0 Å². The Balaban J connectivity index is 2.15. The van der Waals surface area contributed by atoms with Gasteiger partial charge in [0.25, 0.3) is 0 Å². The molecule has 0 aromatic heterocycles. The van der Waals surface area contributed by atoms with E-state index in [0.29, 0.717) is 18.6 Å². The minimum Gasteiger partial charge on any atom is -0.491 e. The lowest BCUT2D eigenvalue weighted by atomic mass is 9.86. The van der Waals surface area contributed by atoms with Gasteiger partial charge in [0.15, 0.2) is 5.78 Å². The van der Waals surface area contributed by atoms with Crippen molar-refractivity contribution in [1.82, 2.24) is 0 Å². The molecule has 25 heavy (non-hydrogen) atoms. The average molecular weight is 345 g/mol. The Kier molecular flexibility index (Phi) is 6.01. The predicted octanol–water partition coefficient (Wildman–Crippen LogP) is 2.98. The van der Waals surface area contributed by atoms with Crippen molar-refractivity contribution >= 4 is 11.8 Å². The van der Waals surface area contributed by atoms with E-state index in [0.717, 1.165) is 29.5 Å². The molecule has 5 nitrogen and oxygen atoms in total. The maximum absolute atomic E-state index is 12.1. The van der Waals surface area contributed by atoms with Crippen LogP contribution in [0.3, 0.4) is 0 Å². The highest BCUT2D eigenvalue weighted by molar-refractivity contribution is 5.99. The molecule has 0 bridgehead atoms. The highest BCUT2D eigenvalue weighted by atomic mass is 16.6. The van der Waals surface area contributed by atoms with Crippen LogP contribution in [0.1, 0.15) is 55.1 Å². The van der Waals surface area contributed by atoms with Crippen LogP contribution >= 0.6 is 0 Å². The van der Waals surface area contributed by atoms with Crippen molar-refractivity contribution in [2.24, 2.45) is 5.73 Å². The van der Waals surface area contributed by atoms with E-state index in [2.05, 4.69) is 6.58 Å². The third kappa shape index (κ3) is 4.92. The van der Waals surface area contributed by atoms with Crippen molar-refractivity contribution in [2.75, 3.05) is 6.61 Å². The molecule has 0 spiro atoms. The molecule has 0 aliphatic heterocycles. The fourth-order valence-electron chi connectivity index (χ4n) is 2.91. The molecule has 1 aromatic carbocycles. The number of rotatable bonds is 6. The molecule has 5 heteroatoms. The number of allylic oxidation sites excluding steroid dienone is 1. The molecular weight excluding hydrogens is 318 g/mol. The summed E-state index contributed by atoms with van der Waals surface area (Å²) in [6.07, 6.45) is 4.67. The zero-order valence-electron chi connectivity index (χ0n) is 15.3. The Labute approximate surface area is 149 Å². The first-order valence-electron chi connectivity index (χ1n) is 8.63. The van der Waals surface area contributed by atoms with Crippen LogP contribution in [0.15, 0.2) is 24.8 Å². The summed E-state index contributed by atoms with van der Waals surface area (Å²) >= 11 is 0. The smallest absolute Gasteiger partial charge is 0.326 e. The van der Waals surface area contributed by atoms with Gasteiger partial charge < -0.3 is 15.2 Å². The summed E-state index contributed by atoms with van der Waals surface area (Å²) in [5, 5.41) is 0. The van der Waals surface area contributed by atoms with E-state index in [1.165, 1.54) is 0 Å². The molecule has 0 amide bonds. The molecule has 0 saturated heterocycles. The summed E-state index contributed by atoms with van der Waals surface area (Å²) in [4.78, 5) is 24.1. The number of nitrogens with two attached hydrogens (primary N) is 1. The zero-order valence-corrected chi connectivity index (χ0v) is 15.3. The number of hydrogen-bond donors (Lipinski definition) is 1. The molecule has 1 aromatic rings. The molecule has 0 fully saturated rings. The van der Waals surface area contributed by atoms with E-state index in [9.17, 15) is 9.59 Å². The Morgan fingerprint density at radius 3 is 2.72 bits per heavy atom. The lowest BCUT2D eigenvalue weighted by Crippen LogP contribution is -2.41. The van der Waals surface area contributed by atoms with Gasteiger partial charge in [0.2, 0.25) is 0 Å². The lowest BCUT2D eigenvalue weighted by molar-refractivity contribution is -0.157. The van der Waals surface area contributed by atoms with Crippen LogP contribution in [-0.4, -0.2) is 30.0 Å². The van der Waals surface area contributed by atoms with Crippen LogP contribution in [0.5, 0.6) is 5.75 Å². The molecule has 0 saturated carbocycles. The zero-order chi connectivity index (χ0) is 18.6. The van der Waals surface area contributed by atoms with Crippen LogP contribution in [-0.2, 0) is 22.4 Å². The Bertz CT molecular complexity index is 673. The largest absolute Gasteiger partial charge is 0.491 e. The molecule has 1 aliphatic rings. The monoisotopic (exact) mass is 345 g/mol.